The number of hydrogen-bond donors (Lipinski definition) is 4. The molecular weight excluding hydrogens is 662 g/mol. The molecule has 2 fully saturated rings. The number of aromatic nitrogens is 3. The van der Waals surface area contributed by atoms with Gasteiger partial charge >= 0.3 is 0 Å². The van der Waals surface area contributed by atoms with Crippen molar-refractivity contribution >= 4 is 11.6 Å². The molecule has 0 aliphatic carbocycles. The summed E-state index contributed by atoms with van der Waals surface area (Å²) < 4.78 is 11.0. The molecule has 0 spiro atoms. The fraction of sp³-hybridized carbons (Fsp3) is 0.923. The summed E-state index contributed by atoms with van der Waals surface area (Å²) >= 11 is 7.17. The van der Waals surface area contributed by atoms with Crippen LogP contribution in [0.5, 0.6) is 0 Å². The lowest BCUT2D eigenvalue weighted by Gasteiger charge is -2.65. The lowest BCUT2D eigenvalue weighted by molar-refractivity contribution is -0.105. The number of hydrogen-bond acceptors (Lipinski definition) is 11. The van der Waals surface area contributed by atoms with E-state index in [1.54, 1.807) is 14.2 Å². The second-order valence-corrected chi connectivity index (χ2v) is 17.7. The monoisotopic (exact) mass is 738 g/mol. The number of likely N-dealkylation sites (N-methyl/N-ethyl adjacent to an activating group) is 2. The number of ether oxygens (including phenoxy) is 2. The number of piperidine rings is 2. The van der Waals surface area contributed by atoms with E-state index in [0.717, 1.165) is 77.5 Å². The minimum absolute atomic E-state index is 0.0178. The van der Waals surface area contributed by atoms with E-state index in [4.69, 9.17) is 36.0 Å². The predicted molar refractivity (Wildman–Crippen MR) is 212 cm³/mol. The molecule has 0 bridgehead atoms. The molecule has 4 unspecified atom stereocenters. The summed E-state index contributed by atoms with van der Waals surface area (Å²) in [5.74, 6) is 1.37. The number of halogens is 1. The Hall–Kier alpha value is -1.02. The van der Waals surface area contributed by atoms with Gasteiger partial charge in [0.2, 0.25) is 5.28 Å². The van der Waals surface area contributed by atoms with E-state index in [-0.39, 0.29) is 28.4 Å². The molecule has 0 radical (unpaired) electrons. The molecule has 2 aliphatic rings. The predicted octanol–water partition coefficient (Wildman–Crippen LogP) is 5.47. The SMILES string of the molecule is CCCCNC1CC(C)(C)N(C)C(C)(C)C1(NCCCOC)c1nc(Cl)nc(C2(NCCCOC)C(NCCCC)CC(C)(C)N(C)C2(C)C)n1. The Morgan fingerprint density at radius 1 is 0.627 bits per heavy atom. The van der Waals surface area contributed by atoms with E-state index in [1.807, 2.05) is 0 Å². The zero-order valence-electron chi connectivity index (χ0n) is 35.0. The van der Waals surface area contributed by atoms with Gasteiger partial charge in [-0.05, 0) is 146 Å². The standard InChI is InChI=1S/C39H76ClN9O2/c1-15-17-21-41-29-27-34(3,4)48(11)36(7,8)38(29,43-23-19-25-50-13)31-45-32(47-33(40)46-31)39(44-24-20-26-51-14)30(42-22-18-16-2)28-35(5,6)49(12)37(39,9)10/h29-30,41-44H,15-28H2,1-14H3. The summed E-state index contributed by atoms with van der Waals surface area (Å²) in [7, 11) is 8.01. The molecule has 1 aromatic rings. The number of nitrogens with one attached hydrogen (secondary N) is 4. The van der Waals surface area contributed by atoms with Gasteiger partial charge in [-0.2, -0.15) is 0 Å². The van der Waals surface area contributed by atoms with Crippen LogP contribution in [0, 0.1) is 0 Å². The molecule has 3 heterocycles. The number of likely N-dealkylation sites (tertiary alicyclic amines) is 2. The van der Waals surface area contributed by atoms with Crippen molar-refractivity contribution in [2.45, 2.75) is 166 Å². The van der Waals surface area contributed by atoms with Crippen LogP contribution in [-0.4, -0.2) is 127 Å². The lowest BCUT2D eigenvalue weighted by atomic mass is 9.62. The van der Waals surface area contributed by atoms with Gasteiger partial charge in [0.05, 0.1) is 0 Å². The molecule has 2 saturated heterocycles. The first-order chi connectivity index (χ1) is 23.9. The van der Waals surface area contributed by atoms with Gasteiger partial charge in [0, 0.05) is 61.7 Å². The van der Waals surface area contributed by atoms with Crippen LogP contribution in [0.15, 0.2) is 0 Å². The number of methoxy groups -OCH3 is 2. The molecule has 2 aliphatic heterocycles. The molecule has 11 nitrogen and oxygen atoms in total. The molecule has 3 rings (SSSR count). The molecule has 4 atom stereocenters. The highest BCUT2D eigenvalue weighted by atomic mass is 35.5. The quantitative estimate of drug-likeness (QED) is 0.128. The number of unbranched alkanes of at least 4 members (excludes halogenated alkanes) is 2. The Morgan fingerprint density at radius 3 is 1.33 bits per heavy atom. The van der Waals surface area contributed by atoms with Crippen molar-refractivity contribution in [3.63, 3.8) is 0 Å². The third kappa shape index (κ3) is 8.78. The third-order valence-corrected chi connectivity index (χ3v) is 13.1. The van der Waals surface area contributed by atoms with Crippen molar-refractivity contribution in [1.82, 2.24) is 46.0 Å². The lowest BCUT2D eigenvalue weighted by Crippen LogP contribution is -2.80. The van der Waals surface area contributed by atoms with Crippen LogP contribution >= 0.6 is 11.6 Å². The van der Waals surface area contributed by atoms with Crippen LogP contribution < -0.4 is 21.3 Å². The Balaban J connectivity index is 2.42. The zero-order chi connectivity index (χ0) is 38.3. The molecular formula is C39H76ClN9O2. The number of nitrogens with zero attached hydrogens (tertiary/aromatic N) is 5. The molecule has 0 saturated carbocycles. The van der Waals surface area contributed by atoms with Gasteiger partial charge in [-0.15, -0.1) is 0 Å². The van der Waals surface area contributed by atoms with E-state index in [0.29, 0.717) is 24.9 Å². The molecule has 296 valence electrons. The van der Waals surface area contributed by atoms with E-state index < -0.39 is 22.2 Å². The topological polar surface area (TPSA) is 112 Å². The molecule has 0 amide bonds. The van der Waals surface area contributed by atoms with E-state index in [2.05, 4.69) is 114 Å². The van der Waals surface area contributed by atoms with Crippen LogP contribution in [0.1, 0.15) is 132 Å². The highest BCUT2D eigenvalue weighted by molar-refractivity contribution is 6.28. The van der Waals surface area contributed by atoms with Crippen LogP contribution in [0.4, 0.5) is 0 Å². The summed E-state index contributed by atoms with van der Waals surface area (Å²) in [5.41, 5.74) is -2.47. The van der Waals surface area contributed by atoms with E-state index in [1.165, 1.54) is 0 Å². The first kappa shape index (κ1) is 44.4. The van der Waals surface area contributed by atoms with Crippen molar-refractivity contribution in [2.24, 2.45) is 0 Å². The summed E-state index contributed by atoms with van der Waals surface area (Å²) in [6.07, 6.45) is 7.92. The average molecular weight is 739 g/mol. The first-order valence-electron chi connectivity index (χ1n) is 19.7. The van der Waals surface area contributed by atoms with E-state index in [9.17, 15) is 0 Å². The van der Waals surface area contributed by atoms with Crippen molar-refractivity contribution in [3.8, 4) is 0 Å². The van der Waals surface area contributed by atoms with Gasteiger partial charge in [-0.3, -0.25) is 9.80 Å². The fourth-order valence-electron chi connectivity index (χ4n) is 9.23. The molecule has 4 N–H and O–H groups in total. The Kier molecular flexibility index (Phi) is 15.7. The van der Waals surface area contributed by atoms with Gasteiger partial charge in [0.1, 0.15) is 11.1 Å². The van der Waals surface area contributed by atoms with Crippen LogP contribution in [0.3, 0.4) is 0 Å². The van der Waals surface area contributed by atoms with Crippen LogP contribution in [0.25, 0.3) is 0 Å². The van der Waals surface area contributed by atoms with E-state index >= 15 is 0 Å². The van der Waals surface area contributed by atoms with Crippen molar-refractivity contribution in [3.05, 3.63) is 16.9 Å². The zero-order valence-corrected chi connectivity index (χ0v) is 35.7. The molecule has 51 heavy (non-hydrogen) atoms. The largest absolute Gasteiger partial charge is 0.385 e. The van der Waals surface area contributed by atoms with Gasteiger partial charge < -0.3 is 30.7 Å². The fourth-order valence-corrected chi connectivity index (χ4v) is 9.39. The normalized spacial score (nSPS) is 29.0. The van der Waals surface area contributed by atoms with Crippen LogP contribution in [0.2, 0.25) is 5.28 Å². The van der Waals surface area contributed by atoms with Gasteiger partial charge in [-0.25, -0.2) is 15.0 Å². The minimum Gasteiger partial charge on any atom is -0.385 e. The summed E-state index contributed by atoms with van der Waals surface area (Å²) in [6.45, 7) is 27.8. The highest BCUT2D eigenvalue weighted by Gasteiger charge is 2.65. The highest BCUT2D eigenvalue weighted by Crippen LogP contribution is 2.51. The average Bonchev–Trinajstić information content (AvgIpc) is 3.05. The van der Waals surface area contributed by atoms with Gasteiger partial charge in [-0.1, -0.05) is 26.7 Å². The molecule has 1 aromatic heterocycles. The molecule has 12 heteroatoms. The third-order valence-electron chi connectivity index (χ3n) is 12.9. The second kappa shape index (κ2) is 18.1. The minimum atomic E-state index is -0.716. The Bertz CT molecular complexity index is 1140. The number of rotatable bonds is 20. The maximum absolute atomic E-state index is 7.17. The maximum Gasteiger partial charge on any atom is 0.226 e. The van der Waals surface area contributed by atoms with Crippen molar-refractivity contribution < 1.29 is 9.47 Å². The summed E-state index contributed by atoms with van der Waals surface area (Å²) in [5, 5.41) is 16.4. The van der Waals surface area contributed by atoms with Crippen molar-refractivity contribution in [2.75, 3.05) is 67.7 Å². The first-order valence-corrected chi connectivity index (χ1v) is 20.1. The van der Waals surface area contributed by atoms with Gasteiger partial charge in [0.25, 0.3) is 0 Å². The maximum atomic E-state index is 7.17. The summed E-state index contributed by atoms with van der Waals surface area (Å²) in [4.78, 5) is 21.0. The van der Waals surface area contributed by atoms with Gasteiger partial charge in [0.15, 0.2) is 11.6 Å². The second-order valence-electron chi connectivity index (χ2n) is 17.4. The van der Waals surface area contributed by atoms with Crippen LogP contribution in [-0.2, 0) is 20.6 Å². The Morgan fingerprint density at radius 2 is 1.00 bits per heavy atom. The smallest absolute Gasteiger partial charge is 0.226 e. The summed E-state index contributed by atoms with van der Waals surface area (Å²) in [6, 6.07) is 0.0355. The Labute approximate surface area is 316 Å². The van der Waals surface area contributed by atoms with Crippen molar-refractivity contribution in [1.29, 1.82) is 0 Å². The molecule has 0 aromatic carbocycles.